The van der Waals surface area contributed by atoms with E-state index in [4.69, 9.17) is 9.47 Å². The summed E-state index contributed by atoms with van der Waals surface area (Å²) >= 11 is 0.991. The van der Waals surface area contributed by atoms with E-state index in [2.05, 4.69) is 4.99 Å². The van der Waals surface area contributed by atoms with Crippen molar-refractivity contribution in [3.05, 3.63) is 46.4 Å². The molecule has 0 radical (unpaired) electrons. The van der Waals surface area contributed by atoms with Gasteiger partial charge in [-0.15, -0.1) is 0 Å². The molecule has 2 heterocycles. The molecule has 2 atom stereocenters. The van der Waals surface area contributed by atoms with E-state index in [-0.39, 0.29) is 22.1 Å². The van der Waals surface area contributed by atoms with Crippen molar-refractivity contribution >= 4 is 40.6 Å². The molecule has 186 valence electrons. The van der Waals surface area contributed by atoms with Crippen LogP contribution in [0.3, 0.4) is 0 Å². The van der Waals surface area contributed by atoms with E-state index in [1.165, 1.54) is 12.1 Å². The van der Waals surface area contributed by atoms with E-state index in [0.29, 0.717) is 5.57 Å². The van der Waals surface area contributed by atoms with Gasteiger partial charge in [0, 0.05) is 5.57 Å². The fourth-order valence-corrected chi connectivity index (χ4v) is 5.70. The van der Waals surface area contributed by atoms with Gasteiger partial charge in [-0.05, 0) is 57.1 Å². The standard InChI is InChI=1S/C25H28N2O7S/c1-24(2,3)34-23(31)25(32)17(14-9-5-6-10-14)13-35-19(26-25)18(22(30)33-4)27-20(28)15-11-7-8-12-16(15)21(27)29/h7-8,11-14,18,32H,5-6,9-10H2,1-4H3. The third-order valence-corrected chi connectivity index (χ3v) is 7.13. The van der Waals surface area contributed by atoms with E-state index in [9.17, 15) is 24.3 Å². The predicted molar refractivity (Wildman–Crippen MR) is 129 cm³/mol. The summed E-state index contributed by atoms with van der Waals surface area (Å²) in [5.74, 6) is -3.35. The Hall–Kier alpha value is -2.98. The Balaban J connectivity index is 1.78. The number of fused-ring (bicyclic) bond motifs is 1. The molecule has 1 aromatic carbocycles. The van der Waals surface area contributed by atoms with Gasteiger partial charge >= 0.3 is 11.9 Å². The maximum absolute atomic E-state index is 13.2. The molecule has 10 heteroatoms. The highest BCUT2D eigenvalue weighted by Crippen LogP contribution is 2.43. The number of nitrogens with zero attached hydrogens (tertiary/aromatic N) is 2. The van der Waals surface area contributed by atoms with Gasteiger partial charge in [-0.1, -0.05) is 36.7 Å². The van der Waals surface area contributed by atoms with Gasteiger partial charge in [-0.2, -0.15) is 0 Å². The minimum Gasteiger partial charge on any atom is -0.467 e. The Morgan fingerprint density at radius 3 is 2.23 bits per heavy atom. The van der Waals surface area contributed by atoms with Gasteiger partial charge in [-0.25, -0.2) is 14.6 Å². The van der Waals surface area contributed by atoms with E-state index in [0.717, 1.165) is 49.5 Å². The highest BCUT2D eigenvalue weighted by Gasteiger charge is 2.52. The quantitative estimate of drug-likeness (QED) is 0.483. The highest BCUT2D eigenvalue weighted by atomic mass is 32.2. The lowest BCUT2D eigenvalue weighted by Crippen LogP contribution is -2.53. The number of aliphatic imine (C=N–C) groups is 1. The number of methoxy groups -OCH3 is 1. The highest BCUT2D eigenvalue weighted by molar-refractivity contribution is 8.16. The molecule has 1 aromatic rings. The van der Waals surface area contributed by atoms with Gasteiger partial charge in [0.2, 0.25) is 0 Å². The van der Waals surface area contributed by atoms with Gasteiger partial charge in [0.1, 0.15) is 10.6 Å². The Morgan fingerprint density at radius 2 is 1.71 bits per heavy atom. The topological polar surface area (TPSA) is 123 Å². The number of ether oxygens (including phenoxy) is 2. The second-order valence-electron chi connectivity index (χ2n) is 9.75. The third-order valence-electron chi connectivity index (χ3n) is 6.20. The molecule has 35 heavy (non-hydrogen) atoms. The van der Waals surface area contributed by atoms with Crippen molar-refractivity contribution in [2.45, 2.75) is 63.8 Å². The molecule has 1 aliphatic carbocycles. The predicted octanol–water partition coefficient (Wildman–Crippen LogP) is 3.07. The minimum atomic E-state index is -2.40. The fraction of sp³-hybridized carbons (Fsp3) is 0.480. The van der Waals surface area contributed by atoms with Gasteiger partial charge < -0.3 is 14.6 Å². The second kappa shape index (κ2) is 9.23. The number of hydrogen-bond acceptors (Lipinski definition) is 9. The summed E-state index contributed by atoms with van der Waals surface area (Å²) < 4.78 is 10.4. The zero-order valence-corrected chi connectivity index (χ0v) is 20.9. The summed E-state index contributed by atoms with van der Waals surface area (Å²) in [6.07, 6.45) is 3.46. The van der Waals surface area contributed by atoms with Crippen LogP contribution >= 0.6 is 11.8 Å². The molecule has 0 aromatic heterocycles. The Kier molecular flexibility index (Phi) is 6.63. The Morgan fingerprint density at radius 1 is 1.14 bits per heavy atom. The number of aliphatic hydroxyl groups is 1. The van der Waals surface area contributed by atoms with Crippen molar-refractivity contribution in [1.29, 1.82) is 0 Å². The molecule has 1 N–H and O–H groups in total. The summed E-state index contributed by atoms with van der Waals surface area (Å²) in [5, 5.41) is 13.1. The van der Waals surface area contributed by atoms with Crippen molar-refractivity contribution in [3.8, 4) is 0 Å². The summed E-state index contributed by atoms with van der Waals surface area (Å²) in [4.78, 5) is 57.5. The van der Waals surface area contributed by atoms with Gasteiger partial charge in [-0.3, -0.25) is 14.5 Å². The third kappa shape index (κ3) is 4.52. The number of amides is 2. The molecule has 2 amide bonds. The molecule has 2 aliphatic heterocycles. The Bertz CT molecular complexity index is 1110. The molecule has 1 saturated carbocycles. The molecule has 0 spiro atoms. The SMILES string of the molecule is COC(=O)C(C1=NC(O)(C(=O)OC(C)(C)C)C(C2CCCC2)=CS1)N1C(=O)c2ccccc2C1=O. The number of esters is 2. The lowest BCUT2D eigenvalue weighted by Gasteiger charge is -2.35. The first kappa shape index (κ1) is 25.1. The number of hydrogen-bond donors (Lipinski definition) is 1. The molecule has 0 saturated heterocycles. The van der Waals surface area contributed by atoms with Crippen LogP contribution in [0.25, 0.3) is 0 Å². The van der Waals surface area contributed by atoms with Crippen LogP contribution in [-0.2, 0) is 19.1 Å². The summed E-state index contributed by atoms with van der Waals surface area (Å²) in [6.45, 7) is 5.02. The number of thioether (sulfide) groups is 1. The van der Waals surface area contributed by atoms with Gasteiger partial charge in [0.15, 0.2) is 6.04 Å². The van der Waals surface area contributed by atoms with Crippen LogP contribution in [0.1, 0.15) is 67.2 Å². The van der Waals surface area contributed by atoms with Crippen LogP contribution in [0.5, 0.6) is 0 Å². The molecular formula is C25H28N2O7S. The molecular weight excluding hydrogens is 472 g/mol. The maximum atomic E-state index is 13.2. The maximum Gasteiger partial charge on any atom is 0.366 e. The van der Waals surface area contributed by atoms with E-state index in [1.807, 2.05) is 0 Å². The molecule has 9 nitrogen and oxygen atoms in total. The smallest absolute Gasteiger partial charge is 0.366 e. The molecule has 0 bridgehead atoms. The van der Waals surface area contributed by atoms with Crippen LogP contribution in [0.4, 0.5) is 0 Å². The average molecular weight is 501 g/mol. The van der Waals surface area contributed by atoms with Crippen LogP contribution in [0.15, 0.2) is 40.2 Å². The summed E-state index contributed by atoms with van der Waals surface area (Å²) in [6, 6.07) is 4.65. The van der Waals surface area contributed by atoms with Crippen LogP contribution in [0, 0.1) is 5.92 Å². The first-order valence-electron chi connectivity index (χ1n) is 11.5. The molecule has 1 fully saturated rings. The number of carbonyl (C=O) groups excluding carboxylic acids is 4. The lowest BCUT2D eigenvalue weighted by atomic mass is 9.89. The van der Waals surface area contributed by atoms with E-state index in [1.54, 1.807) is 38.3 Å². The van der Waals surface area contributed by atoms with Gasteiger partial charge in [0.25, 0.3) is 17.5 Å². The van der Waals surface area contributed by atoms with Crippen molar-refractivity contribution in [2.75, 3.05) is 7.11 Å². The number of carbonyl (C=O) groups is 4. The largest absolute Gasteiger partial charge is 0.467 e. The Labute approximate surface area is 207 Å². The summed E-state index contributed by atoms with van der Waals surface area (Å²) in [5.41, 5.74) is -2.61. The van der Waals surface area contributed by atoms with E-state index >= 15 is 0 Å². The molecule has 4 rings (SSSR count). The number of benzene rings is 1. The monoisotopic (exact) mass is 500 g/mol. The zero-order chi connectivity index (χ0) is 25.5. The normalized spacial score (nSPS) is 23.5. The van der Waals surface area contributed by atoms with Crippen LogP contribution in [0.2, 0.25) is 0 Å². The van der Waals surface area contributed by atoms with Crippen molar-refractivity contribution < 1.29 is 33.8 Å². The van der Waals surface area contributed by atoms with E-state index < -0.39 is 41.1 Å². The average Bonchev–Trinajstić information content (AvgIpc) is 3.42. The first-order chi connectivity index (χ1) is 16.5. The minimum absolute atomic E-state index is 0.0822. The lowest BCUT2D eigenvalue weighted by molar-refractivity contribution is -0.173. The van der Waals surface area contributed by atoms with Crippen LogP contribution in [-0.4, -0.2) is 63.3 Å². The van der Waals surface area contributed by atoms with Gasteiger partial charge in [0.05, 0.1) is 18.2 Å². The fourth-order valence-electron chi connectivity index (χ4n) is 4.58. The second-order valence-corrected chi connectivity index (χ2v) is 10.6. The zero-order valence-electron chi connectivity index (χ0n) is 20.1. The molecule has 3 aliphatic rings. The van der Waals surface area contributed by atoms with Crippen molar-refractivity contribution in [2.24, 2.45) is 10.9 Å². The summed E-state index contributed by atoms with van der Waals surface area (Å²) in [7, 11) is 1.13. The van der Waals surface area contributed by atoms with Crippen LogP contribution < -0.4 is 0 Å². The first-order valence-corrected chi connectivity index (χ1v) is 12.3. The molecule has 2 unspecified atom stereocenters. The number of rotatable bonds is 5. The van der Waals surface area contributed by atoms with Crippen molar-refractivity contribution in [3.63, 3.8) is 0 Å². The number of imide groups is 1. The van der Waals surface area contributed by atoms with Crippen molar-refractivity contribution in [1.82, 2.24) is 4.90 Å².